The van der Waals surface area contributed by atoms with Crippen molar-refractivity contribution in [1.29, 1.82) is 0 Å². The normalized spacial score (nSPS) is 34.0. The van der Waals surface area contributed by atoms with Gasteiger partial charge in [-0.2, -0.15) is 0 Å². The minimum atomic E-state index is -0.805. The molecule has 1 amide bonds. The van der Waals surface area contributed by atoms with E-state index in [1.54, 1.807) is 0 Å². The lowest BCUT2D eigenvalue weighted by molar-refractivity contribution is -0.230. The zero-order chi connectivity index (χ0) is 15.7. The van der Waals surface area contributed by atoms with Gasteiger partial charge in [0.15, 0.2) is 0 Å². The van der Waals surface area contributed by atoms with Gasteiger partial charge in [-0.3, -0.25) is 4.79 Å². The summed E-state index contributed by atoms with van der Waals surface area (Å²) in [7, 11) is 0. The Hall–Kier alpha value is -0.650. The van der Waals surface area contributed by atoms with Crippen molar-refractivity contribution < 1.29 is 14.3 Å². The largest absolute Gasteiger partial charge is 0.380 e. The number of fused-ring (bicyclic) bond motifs is 1. The molecule has 1 aliphatic carbocycles. The van der Waals surface area contributed by atoms with Gasteiger partial charge in [-0.05, 0) is 26.7 Å². The maximum Gasteiger partial charge on any atom is 0.243 e. The van der Waals surface area contributed by atoms with Gasteiger partial charge in [-0.1, -0.05) is 13.8 Å². The average Bonchev–Trinajstić information content (AvgIpc) is 2.50. The molecular formula is C16H30N2O3. The first-order chi connectivity index (χ1) is 9.91. The molecule has 1 saturated heterocycles. The van der Waals surface area contributed by atoms with Gasteiger partial charge < -0.3 is 20.1 Å². The molecule has 2 N–H and O–H groups in total. The Morgan fingerprint density at radius 3 is 2.76 bits per heavy atom. The average molecular weight is 298 g/mol. The fourth-order valence-electron chi connectivity index (χ4n) is 3.99. The fourth-order valence-corrected chi connectivity index (χ4v) is 3.99. The van der Waals surface area contributed by atoms with Crippen LogP contribution in [0.3, 0.4) is 0 Å². The summed E-state index contributed by atoms with van der Waals surface area (Å²) in [5.74, 6) is 0.205. The molecule has 1 heterocycles. The summed E-state index contributed by atoms with van der Waals surface area (Å²) in [4.78, 5) is 14.9. The number of amides is 1. The van der Waals surface area contributed by atoms with Gasteiger partial charge in [0.1, 0.15) is 5.54 Å². The van der Waals surface area contributed by atoms with Crippen molar-refractivity contribution in [3.8, 4) is 0 Å². The van der Waals surface area contributed by atoms with Crippen molar-refractivity contribution in [2.45, 2.75) is 52.2 Å². The van der Waals surface area contributed by atoms with Crippen LogP contribution in [0.1, 0.15) is 40.5 Å². The van der Waals surface area contributed by atoms with Gasteiger partial charge in [0.2, 0.25) is 5.91 Å². The summed E-state index contributed by atoms with van der Waals surface area (Å²) in [5, 5.41) is 0. The Labute approximate surface area is 128 Å². The number of hydrogen-bond donors (Lipinski definition) is 1. The quantitative estimate of drug-likeness (QED) is 0.753. The Morgan fingerprint density at radius 1 is 1.43 bits per heavy atom. The minimum absolute atomic E-state index is 0.0569. The summed E-state index contributed by atoms with van der Waals surface area (Å²) < 4.78 is 11.3. The third-order valence-electron chi connectivity index (χ3n) is 5.42. The Morgan fingerprint density at radius 2 is 2.14 bits per heavy atom. The highest BCUT2D eigenvalue weighted by molar-refractivity contribution is 5.89. The smallest absolute Gasteiger partial charge is 0.243 e. The molecule has 3 unspecified atom stereocenters. The topological polar surface area (TPSA) is 64.8 Å². The van der Waals surface area contributed by atoms with Crippen LogP contribution in [0.15, 0.2) is 0 Å². The van der Waals surface area contributed by atoms with E-state index < -0.39 is 5.54 Å². The lowest BCUT2D eigenvalue weighted by Gasteiger charge is -2.65. The lowest BCUT2D eigenvalue weighted by Crippen LogP contribution is -2.82. The molecule has 0 aromatic rings. The zero-order valence-corrected chi connectivity index (χ0v) is 13.9. The Balaban J connectivity index is 2.11. The first-order valence-electron chi connectivity index (χ1n) is 8.18. The monoisotopic (exact) mass is 298 g/mol. The van der Waals surface area contributed by atoms with Crippen molar-refractivity contribution in [2.24, 2.45) is 17.1 Å². The number of hydrogen-bond acceptors (Lipinski definition) is 4. The van der Waals surface area contributed by atoms with Crippen LogP contribution in [-0.2, 0) is 14.3 Å². The van der Waals surface area contributed by atoms with Crippen LogP contribution in [0.2, 0.25) is 0 Å². The van der Waals surface area contributed by atoms with Crippen LogP contribution >= 0.6 is 0 Å². The summed E-state index contributed by atoms with van der Waals surface area (Å²) in [6.07, 6.45) is 2.10. The van der Waals surface area contributed by atoms with Gasteiger partial charge in [0.05, 0.1) is 12.7 Å². The molecule has 2 fully saturated rings. The van der Waals surface area contributed by atoms with E-state index >= 15 is 0 Å². The second-order valence-corrected chi connectivity index (χ2v) is 6.71. The van der Waals surface area contributed by atoms with E-state index in [-0.39, 0.29) is 23.3 Å². The third kappa shape index (κ3) is 2.49. The first-order valence-corrected chi connectivity index (χ1v) is 8.18. The molecule has 21 heavy (non-hydrogen) atoms. The molecule has 5 heteroatoms. The Bertz CT molecular complexity index is 386. The van der Waals surface area contributed by atoms with E-state index in [0.717, 1.165) is 19.4 Å². The molecule has 0 radical (unpaired) electrons. The summed E-state index contributed by atoms with van der Waals surface area (Å²) in [6, 6.07) is 0. The SMILES string of the molecule is CCOCCN(CC)C(=O)C1(N)C2CCCOC2C1(C)C. The van der Waals surface area contributed by atoms with Crippen molar-refractivity contribution in [3.63, 3.8) is 0 Å². The van der Waals surface area contributed by atoms with Crippen LogP contribution in [0, 0.1) is 11.3 Å². The highest BCUT2D eigenvalue weighted by Gasteiger charge is 2.70. The van der Waals surface area contributed by atoms with Crippen LogP contribution in [-0.4, -0.2) is 55.4 Å². The molecule has 1 saturated carbocycles. The van der Waals surface area contributed by atoms with Crippen molar-refractivity contribution in [3.05, 3.63) is 0 Å². The van der Waals surface area contributed by atoms with Crippen molar-refractivity contribution in [2.75, 3.05) is 32.9 Å². The fraction of sp³-hybridized carbons (Fsp3) is 0.938. The minimum Gasteiger partial charge on any atom is -0.380 e. The number of nitrogens with two attached hydrogens (primary N) is 1. The van der Waals surface area contributed by atoms with E-state index in [1.165, 1.54) is 0 Å². The predicted octanol–water partition coefficient (Wildman–Crippen LogP) is 1.40. The molecule has 0 aromatic carbocycles. The predicted molar refractivity (Wildman–Crippen MR) is 81.9 cm³/mol. The number of rotatable bonds is 6. The number of carbonyl (C=O) groups excluding carboxylic acids is 1. The van der Waals surface area contributed by atoms with E-state index in [9.17, 15) is 4.79 Å². The number of carbonyl (C=O) groups is 1. The number of nitrogens with zero attached hydrogens (tertiary/aromatic N) is 1. The van der Waals surface area contributed by atoms with Crippen LogP contribution in [0.4, 0.5) is 0 Å². The molecule has 1 aliphatic heterocycles. The Kier molecular flexibility index (Phi) is 4.96. The second kappa shape index (κ2) is 6.23. The van der Waals surface area contributed by atoms with E-state index in [4.69, 9.17) is 15.2 Å². The van der Waals surface area contributed by atoms with E-state index in [0.29, 0.717) is 26.3 Å². The van der Waals surface area contributed by atoms with Crippen LogP contribution in [0.25, 0.3) is 0 Å². The molecular weight excluding hydrogens is 268 g/mol. The standard InChI is InChI=1S/C16H30N2O3/c1-5-18(9-11-20-6-2)14(19)16(17)12-8-7-10-21-13(12)15(16,3)4/h12-13H,5-11,17H2,1-4H3. The number of likely N-dealkylation sites (N-methyl/N-ethyl adjacent to an activating group) is 1. The maximum atomic E-state index is 13.0. The maximum absolute atomic E-state index is 13.0. The summed E-state index contributed by atoms with van der Waals surface area (Å²) in [5.41, 5.74) is 5.53. The third-order valence-corrected chi connectivity index (χ3v) is 5.42. The molecule has 0 bridgehead atoms. The van der Waals surface area contributed by atoms with Crippen molar-refractivity contribution >= 4 is 5.91 Å². The van der Waals surface area contributed by atoms with Crippen molar-refractivity contribution in [1.82, 2.24) is 4.90 Å². The molecule has 122 valence electrons. The molecule has 5 nitrogen and oxygen atoms in total. The summed E-state index contributed by atoms with van der Waals surface area (Å²) in [6.45, 7) is 11.4. The van der Waals surface area contributed by atoms with E-state index in [1.807, 2.05) is 18.7 Å². The van der Waals surface area contributed by atoms with E-state index in [2.05, 4.69) is 13.8 Å². The lowest BCUT2D eigenvalue weighted by atomic mass is 9.46. The molecule has 3 atom stereocenters. The van der Waals surface area contributed by atoms with Gasteiger partial charge in [-0.15, -0.1) is 0 Å². The molecule has 2 aliphatic rings. The highest BCUT2D eigenvalue weighted by atomic mass is 16.5. The van der Waals surface area contributed by atoms with Gasteiger partial charge in [0.25, 0.3) is 0 Å². The van der Waals surface area contributed by atoms with Gasteiger partial charge in [0, 0.05) is 37.6 Å². The van der Waals surface area contributed by atoms with Crippen LogP contribution in [0.5, 0.6) is 0 Å². The highest BCUT2D eigenvalue weighted by Crippen LogP contribution is 2.57. The molecule has 0 spiro atoms. The summed E-state index contributed by atoms with van der Waals surface area (Å²) >= 11 is 0. The first kappa shape index (κ1) is 16.7. The number of ether oxygens (including phenoxy) is 2. The van der Waals surface area contributed by atoms with Gasteiger partial charge in [-0.25, -0.2) is 0 Å². The molecule has 0 aromatic heterocycles. The van der Waals surface area contributed by atoms with Gasteiger partial charge >= 0.3 is 0 Å². The molecule has 2 rings (SSSR count). The second-order valence-electron chi connectivity index (χ2n) is 6.71. The zero-order valence-electron chi connectivity index (χ0n) is 13.9. The van der Waals surface area contributed by atoms with Crippen LogP contribution < -0.4 is 5.73 Å².